The lowest BCUT2D eigenvalue weighted by molar-refractivity contribution is -0.139. The Morgan fingerprint density at radius 2 is 2.10 bits per heavy atom. The minimum absolute atomic E-state index is 0. The van der Waals surface area contributed by atoms with E-state index in [1.807, 2.05) is 35.7 Å². The third kappa shape index (κ3) is 5.00. The van der Waals surface area contributed by atoms with E-state index >= 15 is 0 Å². The number of rotatable bonds is 6. The van der Waals surface area contributed by atoms with Crippen molar-refractivity contribution in [1.82, 2.24) is 5.32 Å². The first-order valence-electron chi connectivity index (χ1n) is 6.27. The first-order chi connectivity index (χ1) is 9.72. The van der Waals surface area contributed by atoms with Crippen molar-refractivity contribution in [3.8, 4) is 0 Å². The monoisotopic (exact) mass is 345 g/mol. The Morgan fingerprint density at radius 3 is 2.71 bits per heavy atom. The standard InChI is InChI=1S/C15H16ClNO2S.ClH/c1-19-15(18)10-17-9-12(14-7-4-8-20-14)11-5-2-3-6-13(11)16;/h2-8,12,17H,9-10H2,1H3;1H. The lowest BCUT2D eigenvalue weighted by atomic mass is 9.97. The Labute approximate surface area is 139 Å². The summed E-state index contributed by atoms with van der Waals surface area (Å²) in [5.74, 6) is -0.137. The number of benzene rings is 1. The topological polar surface area (TPSA) is 38.3 Å². The number of carbonyl (C=O) groups excluding carboxylic acids is 1. The van der Waals surface area contributed by atoms with Crippen molar-refractivity contribution >= 4 is 41.3 Å². The molecule has 1 unspecified atom stereocenters. The van der Waals surface area contributed by atoms with Gasteiger partial charge in [-0.3, -0.25) is 4.79 Å². The smallest absolute Gasteiger partial charge is 0.319 e. The molecule has 1 atom stereocenters. The van der Waals surface area contributed by atoms with Gasteiger partial charge in [-0.2, -0.15) is 0 Å². The number of hydrogen-bond donors (Lipinski definition) is 1. The van der Waals surface area contributed by atoms with Gasteiger partial charge in [0.2, 0.25) is 0 Å². The van der Waals surface area contributed by atoms with Crippen LogP contribution in [0.1, 0.15) is 16.4 Å². The zero-order chi connectivity index (χ0) is 14.4. The molecule has 114 valence electrons. The Bertz CT molecular complexity index is 561. The van der Waals surface area contributed by atoms with Crippen LogP contribution in [0, 0.1) is 0 Å². The summed E-state index contributed by atoms with van der Waals surface area (Å²) in [4.78, 5) is 12.4. The highest BCUT2D eigenvalue weighted by Crippen LogP contribution is 2.32. The number of thiophene rings is 1. The van der Waals surface area contributed by atoms with Crippen molar-refractivity contribution in [3.05, 3.63) is 57.2 Å². The van der Waals surface area contributed by atoms with Gasteiger partial charge in [-0.05, 0) is 23.1 Å². The molecule has 2 aromatic rings. The van der Waals surface area contributed by atoms with Gasteiger partial charge < -0.3 is 10.1 Å². The van der Waals surface area contributed by atoms with Gasteiger partial charge in [0, 0.05) is 22.4 Å². The second-order valence-electron chi connectivity index (χ2n) is 4.30. The van der Waals surface area contributed by atoms with E-state index < -0.39 is 0 Å². The number of halogens is 2. The summed E-state index contributed by atoms with van der Waals surface area (Å²) in [6, 6.07) is 11.9. The average molecular weight is 346 g/mol. The first kappa shape index (κ1) is 18.0. The zero-order valence-corrected chi connectivity index (χ0v) is 13.9. The number of hydrogen-bond acceptors (Lipinski definition) is 4. The van der Waals surface area contributed by atoms with E-state index in [1.165, 1.54) is 12.0 Å². The Kier molecular flexibility index (Phi) is 7.75. The minimum atomic E-state index is -0.269. The molecule has 0 amide bonds. The number of carbonyl (C=O) groups is 1. The van der Waals surface area contributed by atoms with Crippen molar-refractivity contribution in [3.63, 3.8) is 0 Å². The second-order valence-corrected chi connectivity index (χ2v) is 5.68. The van der Waals surface area contributed by atoms with Gasteiger partial charge in [-0.1, -0.05) is 35.9 Å². The normalized spacial score (nSPS) is 11.5. The lowest BCUT2D eigenvalue weighted by Crippen LogP contribution is -2.28. The average Bonchev–Trinajstić information content (AvgIpc) is 2.98. The van der Waals surface area contributed by atoms with Gasteiger partial charge in [0.15, 0.2) is 0 Å². The van der Waals surface area contributed by atoms with Crippen LogP contribution in [0.25, 0.3) is 0 Å². The van der Waals surface area contributed by atoms with Crippen LogP contribution in [0.3, 0.4) is 0 Å². The van der Waals surface area contributed by atoms with Crippen molar-refractivity contribution in [2.45, 2.75) is 5.92 Å². The van der Waals surface area contributed by atoms with Gasteiger partial charge in [0.05, 0.1) is 13.7 Å². The fraction of sp³-hybridized carbons (Fsp3) is 0.267. The molecule has 0 radical (unpaired) electrons. The summed E-state index contributed by atoms with van der Waals surface area (Å²) in [5.41, 5.74) is 1.06. The van der Waals surface area contributed by atoms with Gasteiger partial charge in [-0.15, -0.1) is 23.7 Å². The van der Waals surface area contributed by atoms with E-state index in [0.717, 1.165) is 10.6 Å². The summed E-state index contributed by atoms with van der Waals surface area (Å²) in [7, 11) is 1.38. The maximum atomic E-state index is 11.2. The molecule has 0 fully saturated rings. The summed E-state index contributed by atoms with van der Waals surface area (Å²) < 4.78 is 4.63. The van der Waals surface area contributed by atoms with E-state index in [-0.39, 0.29) is 30.8 Å². The van der Waals surface area contributed by atoms with Crippen molar-refractivity contribution in [2.75, 3.05) is 20.2 Å². The predicted molar refractivity (Wildman–Crippen MR) is 89.7 cm³/mol. The molecular formula is C15H17Cl2NO2S. The van der Waals surface area contributed by atoms with E-state index in [9.17, 15) is 4.79 Å². The van der Waals surface area contributed by atoms with Crippen LogP contribution in [-0.2, 0) is 9.53 Å². The van der Waals surface area contributed by atoms with E-state index in [0.29, 0.717) is 6.54 Å². The van der Waals surface area contributed by atoms with E-state index in [2.05, 4.69) is 16.1 Å². The SMILES string of the molecule is COC(=O)CNCC(c1cccs1)c1ccccc1Cl.Cl. The molecule has 1 N–H and O–H groups in total. The summed E-state index contributed by atoms with van der Waals surface area (Å²) in [6.07, 6.45) is 0. The highest BCUT2D eigenvalue weighted by molar-refractivity contribution is 7.10. The highest BCUT2D eigenvalue weighted by Gasteiger charge is 2.18. The molecule has 3 nitrogen and oxygen atoms in total. The van der Waals surface area contributed by atoms with E-state index in [4.69, 9.17) is 11.6 Å². The van der Waals surface area contributed by atoms with Crippen molar-refractivity contribution < 1.29 is 9.53 Å². The molecule has 6 heteroatoms. The molecule has 21 heavy (non-hydrogen) atoms. The fourth-order valence-electron chi connectivity index (χ4n) is 2.00. The number of esters is 1. The van der Waals surface area contributed by atoms with Gasteiger partial charge in [0.25, 0.3) is 0 Å². The van der Waals surface area contributed by atoms with E-state index in [1.54, 1.807) is 11.3 Å². The maximum absolute atomic E-state index is 11.2. The molecule has 0 spiro atoms. The van der Waals surface area contributed by atoms with Crippen LogP contribution in [0.2, 0.25) is 5.02 Å². The van der Waals surface area contributed by atoms with Crippen LogP contribution in [0.4, 0.5) is 0 Å². The van der Waals surface area contributed by atoms with Crippen LogP contribution < -0.4 is 5.32 Å². The minimum Gasteiger partial charge on any atom is -0.468 e. The third-order valence-corrected chi connectivity index (χ3v) is 4.34. The molecule has 0 saturated heterocycles. The quantitative estimate of drug-likeness (QED) is 0.811. The number of nitrogens with one attached hydrogen (secondary N) is 1. The van der Waals surface area contributed by atoms with Crippen molar-refractivity contribution in [1.29, 1.82) is 0 Å². The molecule has 0 aliphatic heterocycles. The molecule has 2 rings (SSSR count). The van der Waals surface area contributed by atoms with Crippen molar-refractivity contribution in [2.24, 2.45) is 0 Å². The predicted octanol–water partition coefficient (Wildman–Crippen LogP) is 3.72. The zero-order valence-electron chi connectivity index (χ0n) is 11.5. The lowest BCUT2D eigenvalue weighted by Gasteiger charge is -2.18. The van der Waals surface area contributed by atoms with Gasteiger partial charge in [0.1, 0.15) is 0 Å². The van der Waals surface area contributed by atoms with Crippen LogP contribution in [-0.4, -0.2) is 26.2 Å². The van der Waals surface area contributed by atoms with Gasteiger partial charge >= 0.3 is 5.97 Å². The summed E-state index contributed by atoms with van der Waals surface area (Å²) in [5, 5.41) is 5.91. The molecule has 0 bridgehead atoms. The molecule has 0 saturated carbocycles. The molecule has 1 heterocycles. The van der Waals surface area contributed by atoms with Gasteiger partial charge in [-0.25, -0.2) is 0 Å². The molecule has 1 aromatic carbocycles. The molecule has 0 aliphatic rings. The summed E-state index contributed by atoms with van der Waals surface area (Å²) >= 11 is 7.97. The van der Waals surface area contributed by atoms with Crippen LogP contribution in [0.15, 0.2) is 41.8 Å². The maximum Gasteiger partial charge on any atom is 0.319 e. The molecule has 0 aliphatic carbocycles. The second kappa shape index (κ2) is 9.05. The molecular weight excluding hydrogens is 329 g/mol. The van der Waals surface area contributed by atoms with Crippen LogP contribution >= 0.6 is 35.3 Å². The number of ether oxygens (including phenoxy) is 1. The third-order valence-electron chi connectivity index (χ3n) is 3.01. The fourth-order valence-corrected chi connectivity index (χ4v) is 3.12. The van der Waals surface area contributed by atoms with Crippen LogP contribution in [0.5, 0.6) is 0 Å². The highest BCUT2D eigenvalue weighted by atomic mass is 35.5. The Balaban J connectivity index is 0.00000220. The largest absolute Gasteiger partial charge is 0.468 e. The Morgan fingerprint density at radius 1 is 1.33 bits per heavy atom. The first-order valence-corrected chi connectivity index (χ1v) is 7.53. The summed E-state index contributed by atoms with van der Waals surface area (Å²) in [6.45, 7) is 0.835. The number of methoxy groups -OCH3 is 1. The Hall–Kier alpha value is -1.07. The molecule has 1 aromatic heterocycles.